The zero-order valence-corrected chi connectivity index (χ0v) is 25.6. The van der Waals surface area contributed by atoms with E-state index in [9.17, 15) is 24.0 Å². The van der Waals surface area contributed by atoms with E-state index in [0.29, 0.717) is 36.2 Å². The Morgan fingerprint density at radius 1 is 1.09 bits per heavy atom. The number of hydrogen-bond acceptors (Lipinski definition) is 9. The molecule has 3 heterocycles. The zero-order valence-electron chi connectivity index (χ0n) is 25.6. The number of hydrogen-bond donors (Lipinski definition) is 3. The Bertz CT molecular complexity index is 1510. The van der Waals surface area contributed by atoms with Crippen molar-refractivity contribution < 1.29 is 33.4 Å². The third-order valence-electron chi connectivity index (χ3n) is 7.61. The summed E-state index contributed by atoms with van der Waals surface area (Å²) in [7, 11) is 0. The average Bonchev–Trinajstić information content (AvgIpc) is 2.98. The van der Waals surface area contributed by atoms with Crippen LogP contribution in [-0.4, -0.2) is 70.4 Å². The molecule has 0 aliphatic carbocycles. The van der Waals surface area contributed by atoms with E-state index in [2.05, 4.69) is 22.6 Å². The number of ether oxygens (including phenoxy) is 2. The molecule has 2 aliphatic heterocycles. The van der Waals surface area contributed by atoms with E-state index in [4.69, 9.17) is 14.5 Å². The third kappa shape index (κ3) is 7.67. The molecule has 6 atom stereocenters. The molecule has 234 valence electrons. The summed E-state index contributed by atoms with van der Waals surface area (Å²) in [6, 6.07) is 6.31. The summed E-state index contributed by atoms with van der Waals surface area (Å²) in [6.45, 7) is 11.8. The Balaban J connectivity index is 1.74. The molecule has 1 saturated heterocycles. The maximum absolute atomic E-state index is 13.6. The van der Waals surface area contributed by atoms with E-state index in [1.165, 1.54) is 18.9 Å². The number of rotatable bonds is 3. The van der Waals surface area contributed by atoms with Gasteiger partial charge in [0.25, 0.3) is 5.91 Å². The maximum Gasteiger partial charge on any atom is 0.325 e. The molecular formula is C32H39N5O7. The first kappa shape index (κ1) is 32.3. The van der Waals surface area contributed by atoms with Gasteiger partial charge in [0.05, 0.1) is 17.1 Å². The van der Waals surface area contributed by atoms with Crippen LogP contribution in [0.4, 0.5) is 0 Å². The fourth-order valence-corrected chi connectivity index (χ4v) is 5.16. The molecule has 0 radical (unpaired) electrons. The number of fused-ring (bicyclic) bond motifs is 4. The van der Waals surface area contributed by atoms with E-state index in [1.807, 2.05) is 24.3 Å². The van der Waals surface area contributed by atoms with E-state index in [0.717, 1.165) is 10.9 Å². The van der Waals surface area contributed by atoms with Gasteiger partial charge in [-0.3, -0.25) is 29.0 Å². The average molecular weight is 606 g/mol. The van der Waals surface area contributed by atoms with Crippen LogP contribution in [0.1, 0.15) is 64.8 Å². The standard InChI is InChI=1S/C32H39N5O7/c1-17(2)28-30(40)33-18(3)31(41)37-15-7-8-26(36-37)32(42)44-20(5)25-14-12-23-11-9-22(16-27(23)34-25)10-13-24(29(39)35-28)19(4)43-21(6)38/h9-14,16,18-20,24,26,28,36H,1,7-8,15H2,2-6H3,(H,33,40)(H,35,39)/b13-10+/t18-,19-,20+,24+,26-,28-/m0/s1. The van der Waals surface area contributed by atoms with Crippen LogP contribution in [0.3, 0.4) is 0 Å². The van der Waals surface area contributed by atoms with Crippen LogP contribution in [0.15, 0.2) is 48.6 Å². The van der Waals surface area contributed by atoms with Crippen LogP contribution in [0.5, 0.6) is 0 Å². The van der Waals surface area contributed by atoms with Gasteiger partial charge in [-0.25, -0.2) is 10.4 Å². The number of nitrogens with zero attached hydrogens (tertiary/aromatic N) is 2. The van der Waals surface area contributed by atoms with Gasteiger partial charge in [-0.1, -0.05) is 36.9 Å². The summed E-state index contributed by atoms with van der Waals surface area (Å²) in [5.41, 5.74) is 5.18. The SMILES string of the molecule is C=C(C)[C@@H]1NC(=O)[C@@H]([C@H](C)OC(C)=O)/C=C/c2ccc3ccc(nc3c2)[C@@H](C)OC(=O)[C@@H]2CCCN(N2)C(=O)[C@H](C)NC1=O. The van der Waals surface area contributed by atoms with Gasteiger partial charge in [0.2, 0.25) is 11.8 Å². The minimum absolute atomic E-state index is 0.329. The van der Waals surface area contributed by atoms with Crippen molar-refractivity contribution in [1.82, 2.24) is 26.1 Å². The smallest absolute Gasteiger partial charge is 0.325 e. The first-order valence-electron chi connectivity index (χ1n) is 14.6. The van der Waals surface area contributed by atoms with Crippen molar-refractivity contribution in [1.29, 1.82) is 0 Å². The molecule has 3 N–H and O–H groups in total. The number of cyclic esters (lactones) is 1. The Labute approximate surface area is 256 Å². The lowest BCUT2D eigenvalue weighted by molar-refractivity contribution is -0.157. The van der Waals surface area contributed by atoms with Gasteiger partial charge in [-0.15, -0.1) is 0 Å². The normalized spacial score (nSPS) is 26.7. The van der Waals surface area contributed by atoms with E-state index in [-0.39, 0.29) is 0 Å². The fourth-order valence-electron chi connectivity index (χ4n) is 5.16. The quantitative estimate of drug-likeness (QED) is 0.353. The van der Waals surface area contributed by atoms with Crippen LogP contribution >= 0.6 is 0 Å². The summed E-state index contributed by atoms with van der Waals surface area (Å²) in [5, 5.41) is 7.50. The Morgan fingerprint density at radius 2 is 1.82 bits per heavy atom. The van der Waals surface area contributed by atoms with Gasteiger partial charge in [-0.05, 0) is 63.8 Å². The van der Waals surface area contributed by atoms with Crippen molar-refractivity contribution >= 4 is 46.6 Å². The predicted molar refractivity (Wildman–Crippen MR) is 162 cm³/mol. The molecule has 44 heavy (non-hydrogen) atoms. The van der Waals surface area contributed by atoms with Gasteiger partial charge in [-0.2, -0.15) is 0 Å². The van der Waals surface area contributed by atoms with Gasteiger partial charge >= 0.3 is 11.9 Å². The Kier molecular flexibility index (Phi) is 10.1. The number of carbonyl (C=O) groups is 5. The van der Waals surface area contributed by atoms with Crippen molar-refractivity contribution in [2.45, 2.75) is 77.8 Å². The molecule has 1 fully saturated rings. The zero-order chi connectivity index (χ0) is 32.1. The van der Waals surface area contributed by atoms with Crippen molar-refractivity contribution in [3.8, 4) is 0 Å². The summed E-state index contributed by atoms with van der Waals surface area (Å²) < 4.78 is 11.1. The van der Waals surface area contributed by atoms with Gasteiger partial charge < -0.3 is 20.1 Å². The summed E-state index contributed by atoms with van der Waals surface area (Å²) in [6.07, 6.45) is 2.79. The highest BCUT2D eigenvalue weighted by atomic mass is 16.5. The van der Waals surface area contributed by atoms with Crippen molar-refractivity contribution in [3.05, 3.63) is 59.8 Å². The van der Waals surface area contributed by atoms with E-state index >= 15 is 0 Å². The molecule has 12 nitrogen and oxygen atoms in total. The second-order valence-corrected chi connectivity index (χ2v) is 11.3. The maximum atomic E-state index is 13.6. The molecule has 4 rings (SSSR count). The van der Waals surface area contributed by atoms with Crippen LogP contribution < -0.4 is 16.1 Å². The monoisotopic (exact) mass is 605 g/mol. The summed E-state index contributed by atoms with van der Waals surface area (Å²) in [4.78, 5) is 69.7. The van der Waals surface area contributed by atoms with E-state index < -0.39 is 65.9 Å². The molecule has 1 aromatic heterocycles. The molecular weight excluding hydrogens is 566 g/mol. The predicted octanol–water partition coefficient (Wildman–Crippen LogP) is 2.49. The third-order valence-corrected chi connectivity index (χ3v) is 7.61. The lowest BCUT2D eigenvalue weighted by atomic mass is 9.98. The second kappa shape index (κ2) is 13.8. The minimum Gasteiger partial charge on any atom is -0.462 e. The minimum atomic E-state index is -1.17. The Morgan fingerprint density at radius 3 is 2.52 bits per heavy atom. The Hall–Kier alpha value is -4.58. The van der Waals surface area contributed by atoms with Crippen LogP contribution in [0.25, 0.3) is 17.0 Å². The number of benzene rings is 1. The van der Waals surface area contributed by atoms with Crippen LogP contribution in [0, 0.1) is 5.92 Å². The van der Waals surface area contributed by atoms with Crippen LogP contribution in [0.2, 0.25) is 0 Å². The highest BCUT2D eigenvalue weighted by Crippen LogP contribution is 2.23. The molecule has 1 aromatic carbocycles. The topological polar surface area (TPSA) is 156 Å². The summed E-state index contributed by atoms with van der Waals surface area (Å²) >= 11 is 0. The molecule has 2 aromatic rings. The van der Waals surface area contributed by atoms with Gasteiger partial charge in [0.15, 0.2) is 0 Å². The van der Waals surface area contributed by atoms with Gasteiger partial charge in [0, 0.05) is 18.9 Å². The highest BCUT2D eigenvalue weighted by molar-refractivity contribution is 5.95. The first-order chi connectivity index (χ1) is 20.8. The number of pyridine rings is 1. The lowest BCUT2D eigenvalue weighted by Gasteiger charge is -2.35. The first-order valence-corrected chi connectivity index (χ1v) is 14.6. The number of amides is 3. The lowest BCUT2D eigenvalue weighted by Crippen LogP contribution is -2.60. The summed E-state index contributed by atoms with van der Waals surface area (Å²) in [5.74, 6) is -3.72. The van der Waals surface area contributed by atoms with Gasteiger partial charge in [0.1, 0.15) is 30.3 Å². The molecule has 5 bridgehead atoms. The van der Waals surface area contributed by atoms with Crippen LogP contribution in [-0.2, 0) is 33.4 Å². The van der Waals surface area contributed by atoms with Crippen molar-refractivity contribution in [2.24, 2.45) is 5.92 Å². The second-order valence-electron chi connectivity index (χ2n) is 11.3. The highest BCUT2D eigenvalue weighted by Gasteiger charge is 2.34. The molecule has 3 amide bonds. The molecule has 0 spiro atoms. The number of nitrogens with one attached hydrogen (secondary N) is 3. The molecule has 12 heteroatoms. The largest absolute Gasteiger partial charge is 0.462 e. The molecule has 2 aliphatic rings. The molecule has 0 unspecified atom stereocenters. The number of esters is 2. The van der Waals surface area contributed by atoms with Crippen molar-refractivity contribution in [2.75, 3.05) is 6.54 Å². The molecule has 0 saturated carbocycles. The van der Waals surface area contributed by atoms with Crippen molar-refractivity contribution in [3.63, 3.8) is 0 Å². The van der Waals surface area contributed by atoms with E-state index in [1.54, 1.807) is 39.0 Å². The fraction of sp³-hybridized carbons (Fsp3) is 0.438. The number of aromatic nitrogens is 1. The number of carbonyl (C=O) groups excluding carboxylic acids is 5. The number of hydrazine groups is 1.